The molecule has 1 saturated heterocycles. The van der Waals surface area contributed by atoms with Crippen molar-refractivity contribution in [2.75, 3.05) is 11.4 Å². The van der Waals surface area contributed by atoms with E-state index in [-0.39, 0.29) is 0 Å². The fraction of sp³-hybridized carbons (Fsp3) is 0.706. The lowest BCUT2D eigenvalue weighted by atomic mass is 9.78. The number of pyridine rings is 1. The van der Waals surface area contributed by atoms with Gasteiger partial charge in [-0.1, -0.05) is 12.8 Å². The summed E-state index contributed by atoms with van der Waals surface area (Å²) in [6.45, 7) is 6.02. The molecule has 0 spiro atoms. The third-order valence-corrected chi connectivity index (χ3v) is 5.17. The summed E-state index contributed by atoms with van der Waals surface area (Å²) in [6.07, 6.45) is 8.25. The molecule has 0 amide bonds. The number of piperidine rings is 1. The van der Waals surface area contributed by atoms with Crippen molar-refractivity contribution in [3.63, 3.8) is 0 Å². The number of nitrogens with zero attached hydrogens (tertiary/aromatic N) is 2. The highest BCUT2D eigenvalue weighted by Crippen LogP contribution is 2.38. The Hall–Kier alpha value is -1.09. The van der Waals surface area contributed by atoms with Gasteiger partial charge >= 0.3 is 0 Å². The number of fused-ring (bicyclic) bond motifs is 1. The van der Waals surface area contributed by atoms with Crippen LogP contribution in [0.15, 0.2) is 6.07 Å². The van der Waals surface area contributed by atoms with Crippen LogP contribution in [0.25, 0.3) is 0 Å². The number of aromatic nitrogens is 1. The molecule has 1 saturated carbocycles. The zero-order valence-electron chi connectivity index (χ0n) is 12.9. The third kappa shape index (κ3) is 2.44. The summed E-state index contributed by atoms with van der Waals surface area (Å²) in [5, 5.41) is 0. The summed E-state index contributed by atoms with van der Waals surface area (Å²) in [6, 6.07) is 2.87. The van der Waals surface area contributed by atoms with Gasteiger partial charge in [-0.3, -0.25) is 0 Å². The van der Waals surface area contributed by atoms with Gasteiger partial charge in [0.1, 0.15) is 5.82 Å². The third-order valence-electron chi connectivity index (χ3n) is 5.17. The molecule has 3 heteroatoms. The number of rotatable bonds is 2. The monoisotopic (exact) mass is 273 g/mol. The van der Waals surface area contributed by atoms with Crippen LogP contribution in [0.1, 0.15) is 55.3 Å². The Morgan fingerprint density at radius 1 is 1.20 bits per heavy atom. The molecule has 1 aromatic heterocycles. The van der Waals surface area contributed by atoms with Crippen molar-refractivity contribution in [3.05, 3.63) is 22.9 Å². The zero-order valence-corrected chi connectivity index (χ0v) is 12.9. The maximum atomic E-state index is 6.01. The minimum atomic E-state index is 0.600. The van der Waals surface area contributed by atoms with Gasteiger partial charge in [0.2, 0.25) is 0 Å². The Morgan fingerprint density at radius 2 is 1.95 bits per heavy atom. The molecule has 3 rings (SSSR count). The SMILES string of the molecule is Cc1cc(C)c(CN)c(N2CCC[C@H]3CCCC[C@H]32)n1. The molecule has 2 heterocycles. The topological polar surface area (TPSA) is 42.1 Å². The van der Waals surface area contributed by atoms with Crippen LogP contribution >= 0.6 is 0 Å². The highest BCUT2D eigenvalue weighted by atomic mass is 15.2. The fourth-order valence-corrected chi connectivity index (χ4v) is 4.22. The van der Waals surface area contributed by atoms with E-state index in [4.69, 9.17) is 10.7 Å². The molecular formula is C17H27N3. The van der Waals surface area contributed by atoms with Gasteiger partial charge in [-0.25, -0.2) is 4.98 Å². The second kappa shape index (κ2) is 5.72. The summed E-state index contributed by atoms with van der Waals surface area (Å²) >= 11 is 0. The first-order chi connectivity index (χ1) is 9.70. The molecule has 1 aromatic rings. The largest absolute Gasteiger partial charge is 0.353 e. The lowest BCUT2D eigenvalue weighted by molar-refractivity contribution is 0.242. The highest BCUT2D eigenvalue weighted by Gasteiger charge is 2.34. The fourth-order valence-electron chi connectivity index (χ4n) is 4.22. The van der Waals surface area contributed by atoms with Crippen LogP contribution in [0.2, 0.25) is 0 Å². The van der Waals surface area contributed by atoms with Gasteiger partial charge in [0.15, 0.2) is 0 Å². The van der Waals surface area contributed by atoms with E-state index in [0.29, 0.717) is 12.6 Å². The standard InChI is InChI=1S/C17H27N3/c1-12-10-13(2)19-17(15(12)11-18)20-9-5-7-14-6-3-4-8-16(14)20/h10,14,16H,3-9,11,18H2,1-2H3/t14-,16-/m1/s1. The number of anilines is 1. The van der Waals surface area contributed by atoms with Crippen LogP contribution < -0.4 is 10.6 Å². The average Bonchev–Trinajstić information content (AvgIpc) is 2.46. The van der Waals surface area contributed by atoms with Gasteiger partial charge in [0.05, 0.1) is 0 Å². The van der Waals surface area contributed by atoms with Crippen LogP contribution in [0.4, 0.5) is 5.82 Å². The molecule has 0 radical (unpaired) electrons. The molecule has 2 aliphatic rings. The molecule has 0 unspecified atom stereocenters. The maximum Gasteiger partial charge on any atom is 0.133 e. The number of hydrogen-bond donors (Lipinski definition) is 1. The van der Waals surface area contributed by atoms with E-state index in [9.17, 15) is 0 Å². The quantitative estimate of drug-likeness (QED) is 0.899. The first-order valence-electron chi connectivity index (χ1n) is 8.14. The minimum absolute atomic E-state index is 0.600. The number of hydrogen-bond acceptors (Lipinski definition) is 3. The van der Waals surface area contributed by atoms with Gasteiger partial charge < -0.3 is 10.6 Å². The minimum Gasteiger partial charge on any atom is -0.353 e. The molecule has 2 atom stereocenters. The van der Waals surface area contributed by atoms with Gasteiger partial charge in [0, 0.05) is 30.4 Å². The summed E-state index contributed by atoms with van der Waals surface area (Å²) in [7, 11) is 0. The molecule has 0 aromatic carbocycles. The van der Waals surface area contributed by atoms with E-state index in [2.05, 4.69) is 24.8 Å². The normalized spacial score (nSPS) is 26.4. The summed E-state index contributed by atoms with van der Waals surface area (Å²) < 4.78 is 0. The predicted octanol–water partition coefficient (Wildman–Crippen LogP) is 3.32. The van der Waals surface area contributed by atoms with Crippen molar-refractivity contribution < 1.29 is 0 Å². The summed E-state index contributed by atoms with van der Waals surface area (Å²) in [5.74, 6) is 2.06. The Kier molecular flexibility index (Phi) is 3.97. The Balaban J connectivity index is 1.98. The first-order valence-corrected chi connectivity index (χ1v) is 8.14. The summed E-state index contributed by atoms with van der Waals surface area (Å²) in [5.41, 5.74) is 9.68. The van der Waals surface area contributed by atoms with Crippen molar-refractivity contribution in [3.8, 4) is 0 Å². The van der Waals surface area contributed by atoms with E-state index >= 15 is 0 Å². The Morgan fingerprint density at radius 3 is 2.75 bits per heavy atom. The zero-order chi connectivity index (χ0) is 14.1. The van der Waals surface area contributed by atoms with Crippen molar-refractivity contribution in [2.24, 2.45) is 11.7 Å². The second-order valence-electron chi connectivity index (χ2n) is 6.53. The van der Waals surface area contributed by atoms with E-state index in [1.807, 2.05) is 0 Å². The first kappa shape index (κ1) is 13.9. The molecule has 1 aliphatic heterocycles. The lowest BCUT2D eigenvalue weighted by Crippen LogP contribution is -2.47. The van der Waals surface area contributed by atoms with E-state index in [1.54, 1.807) is 0 Å². The van der Waals surface area contributed by atoms with Crippen molar-refractivity contribution in [2.45, 2.75) is 65.0 Å². The molecule has 2 fully saturated rings. The van der Waals surface area contributed by atoms with Crippen LogP contribution in [0.3, 0.4) is 0 Å². The molecular weight excluding hydrogens is 246 g/mol. The molecule has 2 N–H and O–H groups in total. The van der Waals surface area contributed by atoms with E-state index in [1.165, 1.54) is 55.5 Å². The van der Waals surface area contributed by atoms with Gasteiger partial charge in [-0.05, 0) is 57.1 Å². The van der Waals surface area contributed by atoms with E-state index in [0.717, 1.165) is 18.2 Å². The Labute approximate surface area is 122 Å². The van der Waals surface area contributed by atoms with Crippen molar-refractivity contribution in [1.82, 2.24) is 4.98 Å². The van der Waals surface area contributed by atoms with Crippen molar-refractivity contribution in [1.29, 1.82) is 0 Å². The molecule has 0 bridgehead atoms. The van der Waals surface area contributed by atoms with Crippen LogP contribution in [-0.4, -0.2) is 17.6 Å². The van der Waals surface area contributed by atoms with Crippen LogP contribution in [-0.2, 0) is 6.54 Å². The lowest BCUT2D eigenvalue weighted by Gasteiger charge is -2.45. The second-order valence-corrected chi connectivity index (χ2v) is 6.53. The van der Waals surface area contributed by atoms with Crippen molar-refractivity contribution >= 4 is 5.82 Å². The number of aryl methyl sites for hydroxylation is 2. The van der Waals surface area contributed by atoms with E-state index < -0.39 is 0 Å². The maximum absolute atomic E-state index is 6.01. The number of nitrogens with two attached hydrogens (primary N) is 1. The molecule has 110 valence electrons. The Bertz CT molecular complexity index is 481. The van der Waals surface area contributed by atoms with Gasteiger partial charge in [0.25, 0.3) is 0 Å². The highest BCUT2D eigenvalue weighted by molar-refractivity contribution is 5.53. The molecule has 1 aliphatic carbocycles. The molecule has 20 heavy (non-hydrogen) atoms. The van der Waals surface area contributed by atoms with Crippen LogP contribution in [0, 0.1) is 19.8 Å². The average molecular weight is 273 g/mol. The van der Waals surface area contributed by atoms with Gasteiger partial charge in [-0.15, -0.1) is 0 Å². The van der Waals surface area contributed by atoms with Gasteiger partial charge in [-0.2, -0.15) is 0 Å². The van der Waals surface area contributed by atoms with Crippen LogP contribution in [0.5, 0.6) is 0 Å². The predicted molar refractivity (Wildman–Crippen MR) is 83.9 cm³/mol. The summed E-state index contributed by atoms with van der Waals surface area (Å²) in [4.78, 5) is 7.46. The smallest absolute Gasteiger partial charge is 0.133 e. The molecule has 3 nitrogen and oxygen atoms in total.